The van der Waals surface area contributed by atoms with E-state index in [0.29, 0.717) is 16.3 Å². The Labute approximate surface area is 143 Å². The van der Waals surface area contributed by atoms with Gasteiger partial charge in [0.2, 0.25) is 0 Å². The highest BCUT2D eigenvalue weighted by Crippen LogP contribution is 2.32. The number of rotatable bonds is 4. The average molecular weight is 347 g/mol. The fraction of sp³-hybridized carbons (Fsp3) is 0.176. The zero-order valence-electron chi connectivity index (χ0n) is 13.2. The van der Waals surface area contributed by atoms with Gasteiger partial charge in [0, 0.05) is 35.6 Å². The van der Waals surface area contributed by atoms with Gasteiger partial charge in [-0.1, -0.05) is 11.6 Å². The van der Waals surface area contributed by atoms with Gasteiger partial charge in [-0.3, -0.25) is 0 Å². The highest BCUT2D eigenvalue weighted by molar-refractivity contribution is 6.31. The molecule has 1 unspecified atom stereocenters. The summed E-state index contributed by atoms with van der Waals surface area (Å²) in [5.41, 5.74) is 7.97. The van der Waals surface area contributed by atoms with Crippen molar-refractivity contribution in [1.29, 1.82) is 0 Å². The van der Waals surface area contributed by atoms with Crippen LogP contribution in [0.25, 0.3) is 11.3 Å². The van der Waals surface area contributed by atoms with Crippen molar-refractivity contribution >= 4 is 17.4 Å². The Morgan fingerprint density at radius 1 is 1.29 bits per heavy atom. The van der Waals surface area contributed by atoms with E-state index in [-0.39, 0.29) is 11.6 Å². The van der Waals surface area contributed by atoms with E-state index in [0.717, 1.165) is 11.3 Å². The Morgan fingerprint density at radius 2 is 2.08 bits per heavy atom. The Hall–Kier alpha value is -2.60. The second-order valence-corrected chi connectivity index (χ2v) is 5.86. The molecule has 7 heteroatoms. The summed E-state index contributed by atoms with van der Waals surface area (Å²) in [5, 5.41) is 0.427. The average Bonchev–Trinajstić information content (AvgIpc) is 2.98. The first-order valence-electron chi connectivity index (χ1n) is 7.29. The van der Waals surface area contributed by atoms with Crippen molar-refractivity contribution < 1.29 is 9.13 Å². The van der Waals surface area contributed by atoms with Crippen molar-refractivity contribution in [2.24, 2.45) is 7.05 Å². The maximum atomic E-state index is 13.5. The number of pyridine rings is 1. The molecule has 1 atom stereocenters. The summed E-state index contributed by atoms with van der Waals surface area (Å²) in [7, 11) is 1.88. The number of aromatic nitrogens is 3. The van der Waals surface area contributed by atoms with Crippen LogP contribution in [-0.2, 0) is 7.05 Å². The number of anilines is 1. The molecule has 0 bridgehead atoms. The van der Waals surface area contributed by atoms with E-state index in [1.807, 2.05) is 17.8 Å². The Balaban J connectivity index is 1.90. The molecule has 0 aliphatic heterocycles. The van der Waals surface area contributed by atoms with Crippen LogP contribution in [0.3, 0.4) is 0 Å². The van der Waals surface area contributed by atoms with Crippen molar-refractivity contribution in [3.05, 3.63) is 59.4 Å². The van der Waals surface area contributed by atoms with Gasteiger partial charge in [-0.2, -0.15) is 0 Å². The second-order valence-electron chi connectivity index (χ2n) is 5.46. The first-order valence-corrected chi connectivity index (χ1v) is 7.67. The fourth-order valence-corrected chi connectivity index (χ4v) is 2.60. The summed E-state index contributed by atoms with van der Waals surface area (Å²) >= 11 is 6.12. The number of imidazole rings is 1. The van der Waals surface area contributed by atoms with Gasteiger partial charge in [0.15, 0.2) is 11.6 Å². The minimum absolute atomic E-state index is 0.244. The van der Waals surface area contributed by atoms with E-state index < -0.39 is 6.10 Å². The topological polar surface area (TPSA) is 66.0 Å². The van der Waals surface area contributed by atoms with Crippen molar-refractivity contribution in [2.45, 2.75) is 13.0 Å². The molecular weight excluding hydrogens is 331 g/mol. The number of nitrogen functional groups attached to an aromatic ring is 1. The van der Waals surface area contributed by atoms with E-state index in [2.05, 4.69) is 9.97 Å². The van der Waals surface area contributed by atoms with Crippen molar-refractivity contribution in [3.8, 4) is 17.0 Å². The molecule has 0 fully saturated rings. The minimum Gasteiger partial charge on any atom is -0.482 e. The monoisotopic (exact) mass is 346 g/mol. The molecule has 2 aromatic heterocycles. The predicted molar refractivity (Wildman–Crippen MR) is 91.3 cm³/mol. The number of benzene rings is 1. The Kier molecular flexibility index (Phi) is 4.40. The van der Waals surface area contributed by atoms with Crippen LogP contribution in [0.1, 0.15) is 18.6 Å². The first-order chi connectivity index (χ1) is 11.4. The predicted octanol–water partition coefficient (Wildman–Crippen LogP) is 4.00. The smallest absolute Gasteiger partial charge is 0.166 e. The third kappa shape index (κ3) is 3.33. The molecule has 0 radical (unpaired) electrons. The van der Waals surface area contributed by atoms with Crippen LogP contribution >= 0.6 is 11.6 Å². The zero-order chi connectivity index (χ0) is 17.3. The summed E-state index contributed by atoms with van der Waals surface area (Å²) in [6.45, 7) is 1.77. The van der Waals surface area contributed by atoms with Crippen LogP contribution in [0.15, 0.2) is 43.0 Å². The molecule has 2 N–H and O–H groups in total. The number of hydrogen-bond donors (Lipinski definition) is 1. The number of ether oxygens (including phenoxy) is 1. The van der Waals surface area contributed by atoms with Gasteiger partial charge in [-0.05, 0) is 31.2 Å². The number of halogens is 2. The molecule has 0 aliphatic carbocycles. The number of hydrogen-bond acceptors (Lipinski definition) is 4. The number of nitrogens with zero attached hydrogens (tertiary/aromatic N) is 3. The van der Waals surface area contributed by atoms with Crippen LogP contribution < -0.4 is 10.5 Å². The summed E-state index contributed by atoms with van der Waals surface area (Å²) in [4.78, 5) is 8.42. The second kappa shape index (κ2) is 6.49. The van der Waals surface area contributed by atoms with Gasteiger partial charge < -0.3 is 15.0 Å². The largest absolute Gasteiger partial charge is 0.482 e. The molecule has 3 aromatic rings. The Morgan fingerprint density at radius 3 is 2.79 bits per heavy atom. The van der Waals surface area contributed by atoms with Crippen LogP contribution in [0.4, 0.5) is 10.2 Å². The quantitative estimate of drug-likeness (QED) is 0.775. The van der Waals surface area contributed by atoms with Crippen LogP contribution in [-0.4, -0.2) is 14.5 Å². The molecule has 0 amide bonds. The molecule has 0 spiro atoms. The first kappa shape index (κ1) is 16.3. The molecule has 0 saturated heterocycles. The number of aryl methyl sites for hydroxylation is 1. The third-order valence-electron chi connectivity index (χ3n) is 3.58. The molecule has 2 heterocycles. The van der Waals surface area contributed by atoms with Gasteiger partial charge in [-0.15, -0.1) is 0 Å². The maximum Gasteiger partial charge on any atom is 0.166 e. The standard InChI is InChI=1S/C17H16ClFN4O/c1-10(13-6-12(19)3-4-14(13)18)24-16-5-11(7-21-17(16)20)15-8-23(2)9-22-15/h3-10H,1-2H3,(H2,20,21). The van der Waals surface area contributed by atoms with Crippen molar-refractivity contribution in [3.63, 3.8) is 0 Å². The lowest BCUT2D eigenvalue weighted by Crippen LogP contribution is -2.07. The maximum absolute atomic E-state index is 13.5. The van der Waals surface area contributed by atoms with Crippen LogP contribution in [0, 0.1) is 5.82 Å². The van der Waals surface area contributed by atoms with Gasteiger partial charge in [0.1, 0.15) is 11.9 Å². The molecule has 0 aliphatic rings. The van der Waals surface area contributed by atoms with Gasteiger partial charge in [-0.25, -0.2) is 14.4 Å². The lowest BCUT2D eigenvalue weighted by molar-refractivity contribution is 0.227. The van der Waals surface area contributed by atoms with E-state index >= 15 is 0 Å². The van der Waals surface area contributed by atoms with Crippen molar-refractivity contribution in [1.82, 2.24) is 14.5 Å². The lowest BCUT2D eigenvalue weighted by atomic mass is 10.1. The van der Waals surface area contributed by atoms with Gasteiger partial charge >= 0.3 is 0 Å². The molecular formula is C17H16ClFN4O. The van der Waals surface area contributed by atoms with E-state index in [1.165, 1.54) is 18.2 Å². The lowest BCUT2D eigenvalue weighted by Gasteiger charge is -2.17. The third-order valence-corrected chi connectivity index (χ3v) is 3.93. The molecule has 3 rings (SSSR count). The van der Waals surface area contributed by atoms with E-state index in [9.17, 15) is 4.39 Å². The molecule has 0 saturated carbocycles. The summed E-state index contributed by atoms with van der Waals surface area (Å²) in [6, 6.07) is 5.90. The summed E-state index contributed by atoms with van der Waals surface area (Å²) in [6.07, 6.45) is 4.70. The van der Waals surface area contributed by atoms with E-state index in [1.54, 1.807) is 25.5 Å². The number of nitrogens with two attached hydrogens (primary N) is 1. The van der Waals surface area contributed by atoms with Crippen LogP contribution in [0.5, 0.6) is 5.75 Å². The zero-order valence-corrected chi connectivity index (χ0v) is 14.0. The normalized spacial score (nSPS) is 12.2. The van der Waals surface area contributed by atoms with E-state index in [4.69, 9.17) is 22.1 Å². The molecule has 5 nitrogen and oxygen atoms in total. The molecule has 1 aromatic carbocycles. The SMILES string of the molecule is CC(Oc1cc(-c2cn(C)cn2)cnc1N)c1cc(F)ccc1Cl. The van der Waals surface area contributed by atoms with Crippen molar-refractivity contribution in [2.75, 3.05) is 5.73 Å². The van der Waals surface area contributed by atoms with Gasteiger partial charge in [0.05, 0.1) is 12.0 Å². The molecule has 124 valence electrons. The fourth-order valence-electron chi connectivity index (χ4n) is 2.33. The highest BCUT2D eigenvalue weighted by atomic mass is 35.5. The van der Waals surface area contributed by atoms with Gasteiger partial charge in [0.25, 0.3) is 0 Å². The summed E-state index contributed by atoms with van der Waals surface area (Å²) < 4.78 is 21.1. The molecule has 24 heavy (non-hydrogen) atoms. The summed E-state index contributed by atoms with van der Waals surface area (Å²) in [5.74, 6) is 0.262. The Bertz CT molecular complexity index is 881. The minimum atomic E-state index is -0.490. The highest BCUT2D eigenvalue weighted by Gasteiger charge is 2.15. The van der Waals surface area contributed by atoms with Crippen LogP contribution in [0.2, 0.25) is 5.02 Å².